The number of nitrogens with one attached hydrogen (secondary N) is 2. The van der Waals surface area contributed by atoms with Crippen LogP contribution in [0.15, 0.2) is 65.4 Å². The molecule has 0 radical (unpaired) electrons. The van der Waals surface area contributed by atoms with Crippen molar-refractivity contribution >= 4 is 29.4 Å². The molecule has 2 fully saturated rings. The minimum atomic E-state index is -0.263. The van der Waals surface area contributed by atoms with E-state index < -0.39 is 0 Å². The molecule has 2 unspecified atom stereocenters. The number of para-hydroxylation sites is 1. The lowest BCUT2D eigenvalue weighted by Gasteiger charge is -2.53. The van der Waals surface area contributed by atoms with Gasteiger partial charge in [0.25, 0.3) is 5.91 Å². The van der Waals surface area contributed by atoms with Gasteiger partial charge in [0.2, 0.25) is 5.78 Å². The molecule has 2 aromatic carbocycles. The lowest BCUT2D eigenvalue weighted by Crippen LogP contribution is -2.64. The number of hydrogen-bond donors (Lipinski definition) is 2. The van der Waals surface area contributed by atoms with Gasteiger partial charge < -0.3 is 19.9 Å². The topological polar surface area (TPSA) is 84.5 Å². The maximum absolute atomic E-state index is 13.8. The van der Waals surface area contributed by atoms with Crippen LogP contribution < -0.4 is 15.4 Å². The molecule has 1 amide bonds. The van der Waals surface area contributed by atoms with Crippen LogP contribution in [0.4, 0.5) is 11.4 Å². The van der Waals surface area contributed by atoms with Crippen molar-refractivity contribution in [3.8, 4) is 5.75 Å². The average Bonchev–Trinajstić information content (AvgIpc) is 3.42. The number of allylic oxidation sites excluding steroid dienone is 2. The standard InChI is InChI=1S/C29H27N3O4/c1-2-17-13-32(14-24(34)18-7-8-25-23(11-18)30-27(35)16-36-25)10-9-29-21-5-3-4-6-22(21)31-28(29)20(15-33)19(17)12-26(29)32/h2-8,11,15,19,26H,9-10,12-14,16H2,1H3,(H-,30,31,33,35)/p+1/b17-2-/t19-,26?,29+,32?/m0/s1. The highest BCUT2D eigenvalue weighted by Gasteiger charge is 2.68. The predicted molar refractivity (Wildman–Crippen MR) is 135 cm³/mol. The number of quaternary nitrogens is 1. The highest BCUT2D eigenvalue weighted by molar-refractivity contribution is 6.01. The first kappa shape index (κ1) is 21.6. The number of fused-ring (bicyclic) bond motifs is 3. The molecule has 4 aliphatic heterocycles. The van der Waals surface area contributed by atoms with Crippen molar-refractivity contribution in [3.05, 3.63) is 76.5 Å². The van der Waals surface area contributed by atoms with Crippen molar-refractivity contribution in [2.24, 2.45) is 5.92 Å². The summed E-state index contributed by atoms with van der Waals surface area (Å²) in [5.74, 6) is 0.537. The molecule has 4 heterocycles. The number of carbonyl (C=O) groups excluding carboxylic acids is 3. The van der Waals surface area contributed by atoms with Gasteiger partial charge in [-0.15, -0.1) is 0 Å². The third-order valence-electron chi connectivity index (χ3n) is 9.25. The summed E-state index contributed by atoms with van der Waals surface area (Å²) in [5, 5.41) is 6.46. The highest BCUT2D eigenvalue weighted by atomic mass is 16.5. The molecule has 36 heavy (non-hydrogen) atoms. The molecule has 7 heteroatoms. The Labute approximate surface area is 209 Å². The maximum Gasteiger partial charge on any atom is 0.262 e. The lowest BCUT2D eigenvalue weighted by molar-refractivity contribution is -0.934. The van der Waals surface area contributed by atoms with Crippen LogP contribution in [0.2, 0.25) is 0 Å². The van der Waals surface area contributed by atoms with Crippen molar-refractivity contribution in [1.29, 1.82) is 0 Å². The lowest BCUT2D eigenvalue weighted by atomic mass is 9.61. The number of rotatable bonds is 4. The summed E-state index contributed by atoms with van der Waals surface area (Å²) in [6, 6.07) is 13.9. The van der Waals surface area contributed by atoms with Gasteiger partial charge in [-0.3, -0.25) is 14.4 Å². The number of benzene rings is 2. The molecule has 2 aromatic rings. The van der Waals surface area contributed by atoms with Gasteiger partial charge in [0, 0.05) is 41.3 Å². The van der Waals surface area contributed by atoms with E-state index in [9.17, 15) is 14.4 Å². The monoisotopic (exact) mass is 482 g/mol. The molecule has 0 saturated carbocycles. The van der Waals surface area contributed by atoms with Crippen LogP contribution >= 0.6 is 0 Å². The van der Waals surface area contributed by atoms with Gasteiger partial charge in [0.1, 0.15) is 31.2 Å². The summed E-state index contributed by atoms with van der Waals surface area (Å²) in [7, 11) is 0. The molecule has 1 aliphatic carbocycles. The predicted octanol–water partition coefficient (Wildman–Crippen LogP) is 3.59. The van der Waals surface area contributed by atoms with Crippen LogP contribution in [0.5, 0.6) is 5.75 Å². The second-order valence-electron chi connectivity index (χ2n) is 10.7. The number of piperidine rings is 1. The quantitative estimate of drug-likeness (QED) is 0.301. The zero-order valence-electron chi connectivity index (χ0n) is 20.2. The Kier molecular flexibility index (Phi) is 4.43. The molecule has 5 aliphatic rings. The molecule has 2 bridgehead atoms. The van der Waals surface area contributed by atoms with Gasteiger partial charge >= 0.3 is 0 Å². The van der Waals surface area contributed by atoms with E-state index in [1.165, 1.54) is 11.1 Å². The first-order valence-electron chi connectivity index (χ1n) is 12.7. The molecule has 7 rings (SSSR count). The third kappa shape index (κ3) is 2.69. The molecule has 1 spiro atoms. The van der Waals surface area contributed by atoms with Gasteiger partial charge in [-0.25, -0.2) is 0 Å². The van der Waals surface area contributed by atoms with Crippen molar-refractivity contribution in [2.75, 3.05) is 36.9 Å². The molecule has 0 aromatic heterocycles. The second-order valence-corrected chi connectivity index (χ2v) is 10.7. The van der Waals surface area contributed by atoms with E-state index in [1.54, 1.807) is 18.2 Å². The van der Waals surface area contributed by atoms with Crippen LogP contribution in [0.25, 0.3) is 0 Å². The Hall–Kier alpha value is -3.71. The minimum Gasteiger partial charge on any atom is -0.482 e. The summed E-state index contributed by atoms with van der Waals surface area (Å²) in [5.41, 5.74) is 6.39. The molecule has 4 atom stereocenters. The minimum absolute atomic E-state index is 0.00844. The normalized spacial score (nSPS) is 32.1. The van der Waals surface area contributed by atoms with E-state index in [4.69, 9.17) is 4.74 Å². The van der Waals surface area contributed by atoms with E-state index in [1.807, 2.05) is 13.0 Å². The molecule has 182 valence electrons. The van der Waals surface area contributed by atoms with Crippen LogP contribution in [0, 0.1) is 5.92 Å². The van der Waals surface area contributed by atoms with Crippen molar-refractivity contribution in [3.63, 3.8) is 0 Å². The van der Waals surface area contributed by atoms with E-state index in [2.05, 4.69) is 34.9 Å². The largest absolute Gasteiger partial charge is 0.482 e. The average molecular weight is 483 g/mol. The van der Waals surface area contributed by atoms with Gasteiger partial charge in [-0.1, -0.05) is 24.3 Å². The number of hydrogen-bond acceptors (Lipinski definition) is 5. The van der Waals surface area contributed by atoms with E-state index in [0.717, 1.165) is 49.2 Å². The number of nitrogens with zero attached hydrogens (tertiary/aromatic N) is 1. The first-order valence-corrected chi connectivity index (χ1v) is 12.7. The fourth-order valence-electron chi connectivity index (χ4n) is 7.76. The summed E-state index contributed by atoms with van der Waals surface area (Å²) in [4.78, 5) is 38.1. The Morgan fingerprint density at radius 1 is 1.19 bits per heavy atom. The summed E-state index contributed by atoms with van der Waals surface area (Å²) in [6.45, 7) is 4.07. The number of amides is 1. The van der Waals surface area contributed by atoms with Gasteiger partial charge in [-0.05, 0) is 42.3 Å². The molecular weight excluding hydrogens is 454 g/mol. The van der Waals surface area contributed by atoms with Crippen LogP contribution in [0.3, 0.4) is 0 Å². The van der Waals surface area contributed by atoms with Crippen molar-refractivity contribution < 1.29 is 23.6 Å². The van der Waals surface area contributed by atoms with Crippen LogP contribution in [0.1, 0.15) is 35.7 Å². The number of carbonyl (C=O) groups is 3. The Bertz CT molecular complexity index is 1430. The molecule has 7 nitrogen and oxygen atoms in total. The van der Waals surface area contributed by atoms with E-state index in [0.29, 0.717) is 28.0 Å². The second kappa shape index (κ2) is 7.40. The Morgan fingerprint density at radius 3 is 2.89 bits per heavy atom. The summed E-state index contributed by atoms with van der Waals surface area (Å²) < 4.78 is 6.17. The van der Waals surface area contributed by atoms with Crippen LogP contribution in [-0.4, -0.2) is 54.7 Å². The zero-order valence-corrected chi connectivity index (χ0v) is 20.2. The fraction of sp³-hybridized carbons (Fsp3) is 0.345. The highest BCUT2D eigenvalue weighted by Crippen LogP contribution is 2.63. The Morgan fingerprint density at radius 2 is 2.06 bits per heavy atom. The van der Waals surface area contributed by atoms with Gasteiger partial charge in [-0.2, -0.15) is 0 Å². The van der Waals surface area contributed by atoms with Crippen LogP contribution in [-0.2, 0) is 15.0 Å². The third-order valence-corrected chi connectivity index (χ3v) is 9.25. The number of aldehydes is 1. The molecule has 2 saturated heterocycles. The summed E-state index contributed by atoms with van der Waals surface area (Å²) in [6.07, 6.45) is 4.98. The van der Waals surface area contributed by atoms with E-state index >= 15 is 0 Å². The fourth-order valence-corrected chi connectivity index (χ4v) is 7.76. The first-order chi connectivity index (χ1) is 17.5. The summed E-state index contributed by atoms with van der Waals surface area (Å²) >= 11 is 0. The maximum atomic E-state index is 13.8. The van der Waals surface area contributed by atoms with Gasteiger partial charge in [0.15, 0.2) is 6.61 Å². The number of Topliss-reactive ketones (excluding diaryl/α,β-unsaturated/α-hetero) is 1. The molecular formula is C29H28N3O4+. The SMILES string of the molecule is C/C=C1/C[N+]2(CC(=O)c3ccc4c(c3)NC(=O)CO4)CC[C@]34C(=C(C=O)[C@H]1CC32)Nc1ccccc14. The Balaban J connectivity index is 1.32. The number of anilines is 2. The van der Waals surface area contributed by atoms with E-state index in [-0.39, 0.29) is 35.7 Å². The smallest absolute Gasteiger partial charge is 0.262 e. The van der Waals surface area contributed by atoms with Crippen molar-refractivity contribution in [1.82, 2.24) is 0 Å². The number of ketones is 1. The zero-order chi connectivity index (χ0) is 24.7. The molecule has 2 N–H and O–H groups in total. The number of ether oxygens (including phenoxy) is 1. The van der Waals surface area contributed by atoms with Gasteiger partial charge in [0.05, 0.1) is 17.6 Å². The van der Waals surface area contributed by atoms with Crippen molar-refractivity contribution in [2.45, 2.75) is 31.2 Å².